The first-order valence-electron chi connectivity index (χ1n) is 7.56. The molecule has 0 aromatic carbocycles. The second kappa shape index (κ2) is 9.00. The molecule has 0 bridgehead atoms. The zero-order valence-electron chi connectivity index (χ0n) is 13.7. The number of esters is 1. The van der Waals surface area contributed by atoms with E-state index in [4.69, 9.17) is 4.74 Å². The van der Waals surface area contributed by atoms with Crippen molar-refractivity contribution in [1.29, 1.82) is 0 Å². The van der Waals surface area contributed by atoms with Crippen LogP contribution in [-0.4, -0.2) is 48.6 Å². The van der Waals surface area contributed by atoms with Gasteiger partial charge in [-0.15, -0.1) is 11.3 Å². The first kappa shape index (κ1) is 17.9. The summed E-state index contributed by atoms with van der Waals surface area (Å²) in [5, 5.41) is 4.17. The van der Waals surface area contributed by atoms with E-state index in [-0.39, 0.29) is 5.97 Å². The summed E-state index contributed by atoms with van der Waals surface area (Å²) in [7, 11) is 1.38. The molecule has 1 atom stereocenters. The first-order chi connectivity index (χ1) is 10.0. The third-order valence-corrected chi connectivity index (χ3v) is 4.45. The fraction of sp³-hybridized carbons (Fsp3) is 0.733. The topological polar surface area (TPSA) is 54.5 Å². The van der Waals surface area contributed by atoms with E-state index < -0.39 is 0 Å². The highest BCUT2D eigenvalue weighted by molar-refractivity contribution is 7.15. The standard InChI is InChI=1S/C15H27N3O2S/c1-6-18(7-2)10-8-9-11(3)16-15-17-13(12(4)21-15)14(19)20-5/h11H,6-10H2,1-5H3,(H,16,17). The van der Waals surface area contributed by atoms with Crippen LogP contribution in [0, 0.1) is 6.92 Å². The smallest absolute Gasteiger partial charge is 0.357 e. The lowest BCUT2D eigenvalue weighted by molar-refractivity contribution is 0.0594. The summed E-state index contributed by atoms with van der Waals surface area (Å²) in [6.07, 6.45) is 2.24. The van der Waals surface area contributed by atoms with Gasteiger partial charge in [0.2, 0.25) is 0 Å². The zero-order chi connectivity index (χ0) is 15.8. The Bertz CT molecular complexity index is 444. The van der Waals surface area contributed by atoms with Crippen LogP contribution in [0.4, 0.5) is 5.13 Å². The lowest BCUT2D eigenvalue weighted by Crippen LogP contribution is -2.25. The molecule has 0 radical (unpaired) electrons. The fourth-order valence-electron chi connectivity index (χ4n) is 2.19. The van der Waals surface area contributed by atoms with Crippen LogP contribution in [0.1, 0.15) is 49.0 Å². The molecule has 0 aliphatic carbocycles. The highest BCUT2D eigenvalue weighted by Crippen LogP contribution is 2.23. The molecule has 1 N–H and O–H groups in total. The average Bonchev–Trinajstić information content (AvgIpc) is 2.83. The van der Waals surface area contributed by atoms with Gasteiger partial charge in [-0.25, -0.2) is 9.78 Å². The van der Waals surface area contributed by atoms with Crippen LogP contribution in [-0.2, 0) is 4.74 Å². The molecule has 120 valence electrons. The Balaban J connectivity index is 2.44. The minimum atomic E-state index is -0.369. The van der Waals surface area contributed by atoms with E-state index in [1.54, 1.807) is 0 Å². The number of thiazole rings is 1. The van der Waals surface area contributed by atoms with Crippen molar-refractivity contribution in [3.63, 3.8) is 0 Å². The van der Waals surface area contributed by atoms with Gasteiger partial charge in [0.25, 0.3) is 0 Å². The Morgan fingerprint density at radius 1 is 1.43 bits per heavy atom. The lowest BCUT2D eigenvalue weighted by atomic mass is 10.2. The van der Waals surface area contributed by atoms with Crippen LogP contribution in [0.15, 0.2) is 0 Å². The van der Waals surface area contributed by atoms with E-state index >= 15 is 0 Å². The summed E-state index contributed by atoms with van der Waals surface area (Å²) < 4.78 is 4.72. The van der Waals surface area contributed by atoms with Crippen molar-refractivity contribution >= 4 is 22.4 Å². The lowest BCUT2D eigenvalue weighted by Gasteiger charge is -2.19. The van der Waals surface area contributed by atoms with Crippen LogP contribution < -0.4 is 5.32 Å². The van der Waals surface area contributed by atoms with E-state index in [1.165, 1.54) is 18.4 Å². The van der Waals surface area contributed by atoms with Gasteiger partial charge in [0, 0.05) is 10.9 Å². The Hall–Kier alpha value is -1.14. The molecule has 6 heteroatoms. The van der Waals surface area contributed by atoms with Crippen molar-refractivity contribution in [1.82, 2.24) is 9.88 Å². The van der Waals surface area contributed by atoms with Gasteiger partial charge >= 0.3 is 5.97 Å². The fourth-order valence-corrected chi connectivity index (χ4v) is 3.10. The largest absolute Gasteiger partial charge is 0.464 e. The number of hydrogen-bond donors (Lipinski definition) is 1. The second-order valence-corrected chi connectivity index (χ2v) is 6.33. The molecule has 1 rings (SSSR count). The van der Waals surface area contributed by atoms with Gasteiger partial charge < -0.3 is 15.0 Å². The maximum absolute atomic E-state index is 11.5. The normalized spacial score (nSPS) is 12.5. The number of aromatic nitrogens is 1. The van der Waals surface area contributed by atoms with Gasteiger partial charge in [-0.2, -0.15) is 0 Å². The minimum Gasteiger partial charge on any atom is -0.464 e. The molecular formula is C15H27N3O2S. The maximum atomic E-state index is 11.5. The number of carbonyl (C=O) groups is 1. The van der Waals surface area contributed by atoms with Crippen LogP contribution in [0.3, 0.4) is 0 Å². The van der Waals surface area contributed by atoms with Crippen molar-refractivity contribution in [2.75, 3.05) is 32.1 Å². The molecule has 0 aliphatic heterocycles. The number of nitrogens with one attached hydrogen (secondary N) is 1. The van der Waals surface area contributed by atoms with Gasteiger partial charge in [0.05, 0.1) is 7.11 Å². The van der Waals surface area contributed by atoms with Crippen LogP contribution in [0.2, 0.25) is 0 Å². The molecular weight excluding hydrogens is 286 g/mol. The average molecular weight is 313 g/mol. The molecule has 21 heavy (non-hydrogen) atoms. The summed E-state index contributed by atoms with van der Waals surface area (Å²) >= 11 is 1.50. The number of rotatable bonds is 9. The van der Waals surface area contributed by atoms with E-state index in [9.17, 15) is 4.79 Å². The number of aryl methyl sites for hydroxylation is 1. The molecule has 0 saturated carbocycles. The van der Waals surface area contributed by atoms with Gasteiger partial charge in [0.15, 0.2) is 10.8 Å². The van der Waals surface area contributed by atoms with Gasteiger partial charge in [0.1, 0.15) is 0 Å². The molecule has 0 spiro atoms. The third-order valence-electron chi connectivity index (χ3n) is 3.55. The van der Waals surface area contributed by atoms with Crippen molar-refractivity contribution in [2.45, 2.75) is 46.6 Å². The summed E-state index contributed by atoms with van der Waals surface area (Å²) in [4.78, 5) is 19.2. The summed E-state index contributed by atoms with van der Waals surface area (Å²) in [6.45, 7) is 11.8. The Labute approximate surface area is 131 Å². The molecule has 0 saturated heterocycles. The highest BCUT2D eigenvalue weighted by atomic mass is 32.1. The highest BCUT2D eigenvalue weighted by Gasteiger charge is 2.16. The molecule has 5 nitrogen and oxygen atoms in total. The number of methoxy groups -OCH3 is 1. The van der Waals surface area contributed by atoms with Gasteiger partial charge in [-0.1, -0.05) is 13.8 Å². The van der Waals surface area contributed by atoms with Gasteiger partial charge in [-0.3, -0.25) is 0 Å². The zero-order valence-corrected chi connectivity index (χ0v) is 14.5. The Morgan fingerprint density at radius 3 is 2.67 bits per heavy atom. The molecule has 1 unspecified atom stereocenters. The molecule has 0 aliphatic rings. The molecule has 1 heterocycles. The van der Waals surface area contributed by atoms with E-state index in [1.807, 2.05) is 6.92 Å². The third kappa shape index (κ3) is 5.63. The predicted molar refractivity (Wildman–Crippen MR) is 88.3 cm³/mol. The van der Waals surface area contributed by atoms with E-state index in [0.29, 0.717) is 11.7 Å². The number of nitrogens with zero attached hydrogens (tertiary/aromatic N) is 2. The summed E-state index contributed by atoms with van der Waals surface area (Å²) in [6, 6.07) is 0.344. The molecule has 1 aromatic rings. The summed E-state index contributed by atoms with van der Waals surface area (Å²) in [5.74, 6) is -0.369. The first-order valence-corrected chi connectivity index (χ1v) is 8.38. The monoisotopic (exact) mass is 313 g/mol. The van der Waals surface area contributed by atoms with Crippen molar-refractivity contribution in [3.05, 3.63) is 10.6 Å². The SMILES string of the molecule is CCN(CC)CCCC(C)Nc1nc(C(=O)OC)c(C)s1. The van der Waals surface area contributed by atoms with E-state index in [2.05, 4.69) is 36.0 Å². The van der Waals surface area contributed by atoms with Crippen LogP contribution in [0.25, 0.3) is 0 Å². The van der Waals surface area contributed by atoms with Gasteiger partial charge in [-0.05, 0) is 46.3 Å². The molecule has 0 amide bonds. The number of anilines is 1. The second-order valence-electron chi connectivity index (χ2n) is 5.13. The van der Waals surface area contributed by atoms with Crippen LogP contribution in [0.5, 0.6) is 0 Å². The Morgan fingerprint density at radius 2 is 2.10 bits per heavy atom. The molecule has 1 aromatic heterocycles. The quantitative estimate of drug-likeness (QED) is 0.710. The number of ether oxygens (including phenoxy) is 1. The molecule has 0 fully saturated rings. The Kier molecular flexibility index (Phi) is 7.67. The number of hydrogen-bond acceptors (Lipinski definition) is 6. The van der Waals surface area contributed by atoms with Crippen LogP contribution >= 0.6 is 11.3 Å². The van der Waals surface area contributed by atoms with Crippen molar-refractivity contribution < 1.29 is 9.53 Å². The minimum absolute atomic E-state index is 0.344. The number of carbonyl (C=O) groups excluding carboxylic acids is 1. The van der Waals surface area contributed by atoms with E-state index in [0.717, 1.165) is 42.5 Å². The summed E-state index contributed by atoms with van der Waals surface area (Å²) in [5.41, 5.74) is 0.417. The maximum Gasteiger partial charge on any atom is 0.357 e. The van der Waals surface area contributed by atoms with Crippen molar-refractivity contribution in [2.24, 2.45) is 0 Å². The predicted octanol–water partition coefficient (Wildman–Crippen LogP) is 3.16. The van der Waals surface area contributed by atoms with Crippen molar-refractivity contribution in [3.8, 4) is 0 Å².